The predicted molar refractivity (Wildman–Crippen MR) is 75.5 cm³/mol. The van der Waals surface area contributed by atoms with Gasteiger partial charge in [0.25, 0.3) is 0 Å². The van der Waals surface area contributed by atoms with Crippen LogP contribution < -0.4 is 0 Å². The van der Waals surface area contributed by atoms with E-state index in [0.29, 0.717) is 5.56 Å². The largest absolute Gasteiger partial charge is 0.289 e. The monoisotopic (exact) mass is 304 g/mol. The SMILES string of the molecule is Cc1nn(C)cc1C=CC(=O)c1ccc(Br)cc1. The van der Waals surface area contributed by atoms with Crippen LogP contribution >= 0.6 is 15.9 Å². The third-order valence-electron chi connectivity index (χ3n) is 2.59. The Morgan fingerprint density at radius 1 is 1.33 bits per heavy atom. The summed E-state index contributed by atoms with van der Waals surface area (Å²) in [6.07, 6.45) is 5.26. The number of nitrogens with zero attached hydrogens (tertiary/aromatic N) is 2. The summed E-state index contributed by atoms with van der Waals surface area (Å²) < 4.78 is 2.70. The van der Waals surface area contributed by atoms with Crippen molar-refractivity contribution >= 4 is 27.8 Å². The molecule has 0 radical (unpaired) electrons. The van der Waals surface area contributed by atoms with Crippen molar-refractivity contribution in [3.63, 3.8) is 0 Å². The number of rotatable bonds is 3. The summed E-state index contributed by atoms with van der Waals surface area (Å²) in [6, 6.07) is 7.31. The Balaban J connectivity index is 2.16. The summed E-state index contributed by atoms with van der Waals surface area (Å²) in [5.41, 5.74) is 2.55. The minimum Gasteiger partial charge on any atom is -0.289 e. The van der Waals surface area contributed by atoms with Crippen LogP contribution in [0.4, 0.5) is 0 Å². The maximum atomic E-state index is 11.9. The van der Waals surface area contributed by atoms with E-state index in [1.165, 1.54) is 0 Å². The van der Waals surface area contributed by atoms with E-state index in [1.54, 1.807) is 29.0 Å². The normalized spacial score (nSPS) is 11.1. The first-order valence-electron chi connectivity index (χ1n) is 5.54. The molecule has 2 aromatic rings. The van der Waals surface area contributed by atoms with Gasteiger partial charge in [0.15, 0.2) is 5.78 Å². The van der Waals surface area contributed by atoms with Gasteiger partial charge in [-0.05, 0) is 43.3 Å². The lowest BCUT2D eigenvalue weighted by atomic mass is 10.1. The molecular formula is C14H13BrN2O. The molecule has 1 aromatic carbocycles. The second kappa shape index (κ2) is 5.31. The summed E-state index contributed by atoms with van der Waals surface area (Å²) in [5.74, 6) is -0.00856. The highest BCUT2D eigenvalue weighted by Gasteiger charge is 2.03. The van der Waals surface area contributed by atoms with Gasteiger partial charge in [-0.3, -0.25) is 9.48 Å². The third-order valence-corrected chi connectivity index (χ3v) is 3.12. The van der Waals surface area contributed by atoms with Gasteiger partial charge in [0.05, 0.1) is 5.69 Å². The Bertz CT molecular complexity index is 597. The number of carbonyl (C=O) groups excluding carboxylic acids is 1. The lowest BCUT2D eigenvalue weighted by Crippen LogP contribution is -1.93. The number of aryl methyl sites for hydroxylation is 2. The van der Waals surface area contributed by atoms with E-state index in [0.717, 1.165) is 15.7 Å². The van der Waals surface area contributed by atoms with Crippen molar-refractivity contribution in [1.29, 1.82) is 0 Å². The van der Waals surface area contributed by atoms with Crippen LogP contribution in [0.15, 0.2) is 41.0 Å². The highest BCUT2D eigenvalue weighted by atomic mass is 79.9. The van der Waals surface area contributed by atoms with Crippen LogP contribution in [0.1, 0.15) is 21.6 Å². The topological polar surface area (TPSA) is 34.9 Å². The molecule has 0 aliphatic rings. The van der Waals surface area contributed by atoms with Crippen LogP contribution in [0.5, 0.6) is 0 Å². The van der Waals surface area contributed by atoms with Gasteiger partial charge in [0.1, 0.15) is 0 Å². The van der Waals surface area contributed by atoms with Crippen LogP contribution in [0.2, 0.25) is 0 Å². The Hall–Kier alpha value is -1.68. The van der Waals surface area contributed by atoms with Gasteiger partial charge in [-0.1, -0.05) is 15.9 Å². The zero-order valence-corrected chi connectivity index (χ0v) is 11.8. The highest BCUT2D eigenvalue weighted by Crippen LogP contribution is 2.12. The number of carbonyl (C=O) groups is 1. The molecule has 0 saturated heterocycles. The molecule has 1 aromatic heterocycles. The molecule has 18 heavy (non-hydrogen) atoms. The van der Waals surface area contributed by atoms with Gasteiger partial charge in [-0.25, -0.2) is 0 Å². The molecule has 2 rings (SSSR count). The zero-order valence-electron chi connectivity index (χ0n) is 10.2. The van der Waals surface area contributed by atoms with Gasteiger partial charge in [-0.2, -0.15) is 5.10 Å². The number of benzene rings is 1. The standard InChI is InChI=1S/C14H13BrN2O/c1-10-12(9-17(2)16-10)5-8-14(18)11-3-6-13(15)7-4-11/h3-9H,1-2H3. The molecule has 1 heterocycles. The number of allylic oxidation sites excluding steroid dienone is 1. The second-order valence-electron chi connectivity index (χ2n) is 4.05. The first-order valence-corrected chi connectivity index (χ1v) is 6.34. The number of hydrogen-bond acceptors (Lipinski definition) is 2. The van der Waals surface area contributed by atoms with Crippen molar-refractivity contribution in [2.45, 2.75) is 6.92 Å². The molecular weight excluding hydrogens is 292 g/mol. The fraction of sp³-hybridized carbons (Fsp3) is 0.143. The van der Waals surface area contributed by atoms with Gasteiger partial charge >= 0.3 is 0 Å². The molecule has 0 aliphatic carbocycles. The van der Waals surface area contributed by atoms with Crippen molar-refractivity contribution in [2.24, 2.45) is 7.05 Å². The zero-order chi connectivity index (χ0) is 13.1. The average molecular weight is 305 g/mol. The number of aromatic nitrogens is 2. The lowest BCUT2D eigenvalue weighted by Gasteiger charge is -1.95. The van der Waals surface area contributed by atoms with E-state index >= 15 is 0 Å². The lowest BCUT2D eigenvalue weighted by molar-refractivity contribution is 0.104. The summed E-state index contributed by atoms with van der Waals surface area (Å²) >= 11 is 3.34. The molecule has 0 aliphatic heterocycles. The molecule has 0 spiro atoms. The molecule has 0 saturated carbocycles. The van der Waals surface area contributed by atoms with Crippen molar-refractivity contribution in [2.75, 3.05) is 0 Å². The fourth-order valence-electron chi connectivity index (χ4n) is 1.66. The number of ketones is 1. The molecule has 0 unspecified atom stereocenters. The Kier molecular flexibility index (Phi) is 3.77. The van der Waals surface area contributed by atoms with Crippen molar-refractivity contribution in [3.05, 3.63) is 57.8 Å². The van der Waals surface area contributed by atoms with Crippen LogP contribution in [-0.4, -0.2) is 15.6 Å². The maximum Gasteiger partial charge on any atom is 0.185 e. The summed E-state index contributed by atoms with van der Waals surface area (Å²) in [7, 11) is 1.86. The molecule has 0 amide bonds. The van der Waals surface area contributed by atoms with Crippen molar-refractivity contribution in [1.82, 2.24) is 9.78 Å². The smallest absolute Gasteiger partial charge is 0.185 e. The Morgan fingerprint density at radius 2 is 2.00 bits per heavy atom. The number of halogens is 1. The van der Waals surface area contributed by atoms with E-state index in [-0.39, 0.29) is 5.78 Å². The first-order chi connectivity index (χ1) is 8.56. The van der Waals surface area contributed by atoms with E-state index < -0.39 is 0 Å². The average Bonchev–Trinajstić information content (AvgIpc) is 2.66. The molecule has 92 valence electrons. The van der Waals surface area contributed by atoms with Gasteiger partial charge in [-0.15, -0.1) is 0 Å². The fourth-order valence-corrected chi connectivity index (χ4v) is 1.92. The number of hydrogen-bond donors (Lipinski definition) is 0. The Labute approximate surface area is 114 Å². The first kappa shape index (κ1) is 12.8. The van der Waals surface area contributed by atoms with Crippen LogP contribution in [0, 0.1) is 6.92 Å². The highest BCUT2D eigenvalue weighted by molar-refractivity contribution is 9.10. The quantitative estimate of drug-likeness (QED) is 0.643. The van der Waals surface area contributed by atoms with Gasteiger partial charge < -0.3 is 0 Å². The van der Waals surface area contributed by atoms with E-state index in [2.05, 4.69) is 21.0 Å². The summed E-state index contributed by atoms with van der Waals surface area (Å²) in [6.45, 7) is 1.92. The van der Waals surface area contributed by atoms with E-state index in [9.17, 15) is 4.79 Å². The minimum atomic E-state index is -0.00856. The van der Waals surface area contributed by atoms with Crippen molar-refractivity contribution < 1.29 is 4.79 Å². The van der Waals surface area contributed by atoms with E-state index in [1.807, 2.05) is 32.3 Å². The second-order valence-corrected chi connectivity index (χ2v) is 4.96. The molecule has 0 bridgehead atoms. The van der Waals surface area contributed by atoms with Crippen molar-refractivity contribution in [3.8, 4) is 0 Å². The van der Waals surface area contributed by atoms with Crippen LogP contribution in [-0.2, 0) is 7.05 Å². The molecule has 0 atom stereocenters. The van der Waals surface area contributed by atoms with Crippen LogP contribution in [0.25, 0.3) is 6.08 Å². The van der Waals surface area contributed by atoms with E-state index in [4.69, 9.17) is 0 Å². The molecule has 0 N–H and O–H groups in total. The Morgan fingerprint density at radius 3 is 2.56 bits per heavy atom. The summed E-state index contributed by atoms with van der Waals surface area (Å²) in [4.78, 5) is 11.9. The summed E-state index contributed by atoms with van der Waals surface area (Å²) in [5, 5.41) is 4.22. The maximum absolute atomic E-state index is 11.9. The molecule has 4 heteroatoms. The van der Waals surface area contributed by atoms with Gasteiger partial charge in [0, 0.05) is 28.8 Å². The minimum absolute atomic E-state index is 0.00856. The molecule has 0 fully saturated rings. The predicted octanol–water partition coefficient (Wildman–Crippen LogP) is 3.39. The third kappa shape index (κ3) is 2.96. The van der Waals surface area contributed by atoms with Gasteiger partial charge in [0.2, 0.25) is 0 Å². The molecule has 3 nitrogen and oxygen atoms in total. The van der Waals surface area contributed by atoms with Crippen LogP contribution in [0.3, 0.4) is 0 Å².